The fraction of sp³-hybridized carbons (Fsp3) is 1.00. The highest BCUT2D eigenvalue weighted by Crippen LogP contribution is 2.45. The van der Waals surface area contributed by atoms with Crippen LogP contribution in [0.2, 0.25) is 0 Å². The van der Waals surface area contributed by atoms with Gasteiger partial charge in [-0.3, -0.25) is 0 Å². The molecule has 1 rings (SSSR count). The first-order chi connectivity index (χ1) is 7.37. The number of rotatable bonds is 2. The van der Waals surface area contributed by atoms with E-state index in [0.29, 0.717) is 0 Å². The van der Waals surface area contributed by atoms with E-state index in [9.17, 15) is 26.3 Å². The molecule has 1 fully saturated rings. The van der Waals surface area contributed by atoms with E-state index in [0.717, 1.165) is 0 Å². The van der Waals surface area contributed by atoms with Crippen molar-refractivity contribution in [1.29, 1.82) is 0 Å². The van der Waals surface area contributed by atoms with Crippen LogP contribution in [0.3, 0.4) is 0 Å². The summed E-state index contributed by atoms with van der Waals surface area (Å²) in [6.45, 7) is 2.96. The van der Waals surface area contributed by atoms with Gasteiger partial charge in [0.15, 0.2) is 0 Å². The van der Waals surface area contributed by atoms with Crippen LogP contribution in [0.15, 0.2) is 0 Å². The monoisotopic (exact) mass is 265 g/mol. The third-order valence-corrected chi connectivity index (χ3v) is 3.15. The maximum Gasteiger partial charge on any atom is 0.423 e. The Morgan fingerprint density at radius 1 is 1.12 bits per heavy atom. The average molecular weight is 265 g/mol. The van der Waals surface area contributed by atoms with Gasteiger partial charge in [-0.25, -0.2) is 0 Å². The zero-order chi connectivity index (χ0) is 13.6. The molecule has 1 aliphatic rings. The summed E-state index contributed by atoms with van der Waals surface area (Å²) in [5.41, 5.74) is 4.62. The number of halogens is 6. The van der Waals surface area contributed by atoms with Crippen LogP contribution in [0.4, 0.5) is 26.3 Å². The van der Waals surface area contributed by atoms with Crippen LogP contribution in [-0.4, -0.2) is 30.6 Å². The van der Waals surface area contributed by atoms with Crippen LogP contribution in [0.25, 0.3) is 0 Å². The molecular weight excluding hydrogens is 252 g/mol. The highest BCUT2D eigenvalue weighted by atomic mass is 19.4. The van der Waals surface area contributed by atoms with Crippen LogP contribution >= 0.6 is 0 Å². The van der Waals surface area contributed by atoms with Gasteiger partial charge in [0, 0.05) is 11.5 Å². The second-order valence-electron chi connectivity index (χ2n) is 4.75. The molecule has 0 aromatic carbocycles. The van der Waals surface area contributed by atoms with E-state index in [4.69, 9.17) is 5.73 Å². The first-order valence-corrected chi connectivity index (χ1v) is 4.91. The smallest absolute Gasteiger partial charge is 0.357 e. The fourth-order valence-corrected chi connectivity index (χ4v) is 1.65. The lowest BCUT2D eigenvalue weighted by molar-refractivity contribution is -0.346. The summed E-state index contributed by atoms with van der Waals surface area (Å²) in [5, 5.41) is 0. The molecule has 8 heteroatoms. The summed E-state index contributed by atoms with van der Waals surface area (Å²) in [7, 11) is 0. The Labute approximate surface area is 94.1 Å². The molecule has 2 nitrogen and oxygen atoms in total. The second-order valence-corrected chi connectivity index (χ2v) is 4.75. The van der Waals surface area contributed by atoms with Crippen molar-refractivity contribution in [3.05, 3.63) is 0 Å². The van der Waals surface area contributed by atoms with E-state index >= 15 is 0 Å². The Morgan fingerprint density at radius 2 is 1.53 bits per heavy atom. The van der Waals surface area contributed by atoms with Crippen molar-refractivity contribution in [2.75, 3.05) is 0 Å². The van der Waals surface area contributed by atoms with Crippen molar-refractivity contribution >= 4 is 0 Å². The third kappa shape index (κ3) is 2.85. The normalized spacial score (nSPS) is 29.3. The van der Waals surface area contributed by atoms with E-state index in [1.807, 2.05) is 0 Å². The maximum absolute atomic E-state index is 12.2. The van der Waals surface area contributed by atoms with E-state index in [-0.39, 0.29) is 6.42 Å². The molecule has 2 atom stereocenters. The molecule has 0 aliphatic heterocycles. The summed E-state index contributed by atoms with van der Waals surface area (Å²) in [6.07, 6.45) is -15.8. The molecule has 0 aromatic rings. The maximum atomic E-state index is 12.2. The molecule has 17 heavy (non-hydrogen) atoms. The van der Waals surface area contributed by atoms with Crippen LogP contribution in [0, 0.1) is 5.41 Å². The highest BCUT2D eigenvalue weighted by molar-refractivity contribution is 5.02. The van der Waals surface area contributed by atoms with Gasteiger partial charge < -0.3 is 10.5 Å². The number of hydrogen-bond donors (Lipinski definition) is 1. The van der Waals surface area contributed by atoms with Crippen LogP contribution in [0.5, 0.6) is 0 Å². The standard InChI is InChI=1S/C9H13F6NO/c1-7(2)4(16)3-5(7)17-6(8(10,11)12)9(13,14)15/h4-6H,3,16H2,1-2H3. The van der Waals surface area contributed by atoms with Gasteiger partial charge in [0.2, 0.25) is 6.10 Å². The summed E-state index contributed by atoms with van der Waals surface area (Å²) in [4.78, 5) is 0. The van der Waals surface area contributed by atoms with Gasteiger partial charge >= 0.3 is 12.4 Å². The lowest BCUT2D eigenvalue weighted by Gasteiger charge is -2.50. The summed E-state index contributed by atoms with van der Waals surface area (Å²) in [5.74, 6) is 0. The summed E-state index contributed by atoms with van der Waals surface area (Å²) in [6, 6.07) is -0.449. The molecule has 0 saturated heterocycles. The van der Waals surface area contributed by atoms with Crippen LogP contribution in [-0.2, 0) is 4.74 Å². The van der Waals surface area contributed by atoms with Crippen LogP contribution in [0.1, 0.15) is 20.3 Å². The Bertz CT molecular complexity index is 270. The molecule has 2 N–H and O–H groups in total. The van der Waals surface area contributed by atoms with Gasteiger partial charge in [0.25, 0.3) is 0 Å². The first-order valence-electron chi connectivity index (χ1n) is 4.91. The van der Waals surface area contributed by atoms with E-state index < -0.39 is 36.0 Å². The van der Waals surface area contributed by atoms with Crippen LogP contribution < -0.4 is 5.73 Å². The zero-order valence-electron chi connectivity index (χ0n) is 9.19. The molecule has 102 valence electrons. The topological polar surface area (TPSA) is 35.2 Å². The predicted octanol–water partition coefficient (Wildman–Crippen LogP) is 2.62. The van der Waals surface area contributed by atoms with Crippen molar-refractivity contribution in [3.63, 3.8) is 0 Å². The van der Waals surface area contributed by atoms with Crippen molar-refractivity contribution in [3.8, 4) is 0 Å². The SMILES string of the molecule is CC1(C)C(N)CC1OC(C(F)(F)F)C(F)(F)F. The largest absolute Gasteiger partial charge is 0.423 e. The van der Waals surface area contributed by atoms with E-state index in [2.05, 4.69) is 4.74 Å². The van der Waals surface area contributed by atoms with Gasteiger partial charge in [0.1, 0.15) is 0 Å². The lowest BCUT2D eigenvalue weighted by Crippen LogP contribution is -2.62. The predicted molar refractivity (Wildman–Crippen MR) is 47.1 cm³/mol. The van der Waals surface area contributed by atoms with E-state index in [1.165, 1.54) is 13.8 Å². The van der Waals surface area contributed by atoms with Crippen molar-refractivity contribution < 1.29 is 31.1 Å². The van der Waals surface area contributed by atoms with Crippen molar-refractivity contribution in [1.82, 2.24) is 0 Å². The molecule has 0 amide bonds. The van der Waals surface area contributed by atoms with Gasteiger partial charge in [-0.15, -0.1) is 0 Å². The second kappa shape index (κ2) is 4.01. The first kappa shape index (κ1) is 14.6. The van der Waals surface area contributed by atoms with Gasteiger partial charge in [-0.1, -0.05) is 13.8 Å². The minimum atomic E-state index is -5.46. The molecule has 0 radical (unpaired) electrons. The minimum Gasteiger partial charge on any atom is -0.357 e. The van der Waals surface area contributed by atoms with Gasteiger partial charge in [-0.05, 0) is 6.42 Å². The Kier molecular flexibility index (Phi) is 3.44. The van der Waals surface area contributed by atoms with Crippen molar-refractivity contribution in [2.24, 2.45) is 11.1 Å². The Morgan fingerprint density at radius 3 is 1.76 bits per heavy atom. The number of nitrogens with two attached hydrogens (primary N) is 1. The molecule has 2 unspecified atom stereocenters. The number of alkyl halides is 6. The third-order valence-electron chi connectivity index (χ3n) is 3.15. The highest BCUT2D eigenvalue weighted by Gasteiger charge is 2.61. The molecular formula is C9H13F6NO. The zero-order valence-corrected chi connectivity index (χ0v) is 9.19. The summed E-state index contributed by atoms with van der Waals surface area (Å²) < 4.78 is 77.4. The average Bonchev–Trinajstić information content (AvgIpc) is 2.07. The number of hydrogen-bond acceptors (Lipinski definition) is 2. The van der Waals surface area contributed by atoms with Gasteiger partial charge in [-0.2, -0.15) is 26.3 Å². The van der Waals surface area contributed by atoms with E-state index in [1.54, 1.807) is 0 Å². The van der Waals surface area contributed by atoms with Gasteiger partial charge in [0.05, 0.1) is 6.10 Å². The molecule has 0 heterocycles. The molecule has 0 aromatic heterocycles. The lowest BCUT2D eigenvalue weighted by atomic mass is 9.65. The molecule has 1 saturated carbocycles. The fourth-order valence-electron chi connectivity index (χ4n) is 1.65. The molecule has 0 bridgehead atoms. The minimum absolute atomic E-state index is 0.00431. The molecule has 1 aliphatic carbocycles. The Balaban J connectivity index is 2.77. The van der Waals surface area contributed by atoms with Crippen molar-refractivity contribution in [2.45, 2.75) is 50.9 Å². The number of ether oxygens (including phenoxy) is 1. The Hall–Kier alpha value is -0.500. The quantitative estimate of drug-likeness (QED) is 0.779. The summed E-state index contributed by atoms with van der Waals surface area (Å²) >= 11 is 0. The molecule has 0 spiro atoms.